The lowest BCUT2D eigenvalue weighted by Crippen LogP contribution is -2.63. The van der Waals surface area contributed by atoms with Gasteiger partial charge in [0.15, 0.2) is 0 Å². The molecule has 0 saturated heterocycles. The summed E-state index contributed by atoms with van der Waals surface area (Å²) in [6.07, 6.45) is 0. The molecule has 0 aliphatic rings. The zero-order chi connectivity index (χ0) is 13.6. The predicted octanol–water partition coefficient (Wildman–Crippen LogP) is 5.64. The lowest BCUT2D eigenvalue weighted by atomic mass is 9.84. The van der Waals surface area contributed by atoms with Crippen LogP contribution < -0.4 is 0 Å². The summed E-state index contributed by atoms with van der Waals surface area (Å²) < 4.78 is 0.590. The highest BCUT2D eigenvalue weighted by molar-refractivity contribution is 6.99. The summed E-state index contributed by atoms with van der Waals surface area (Å²) in [7, 11) is -2.42. The molecule has 0 aliphatic heterocycles. The first kappa shape index (κ1) is 16.4. The molecule has 0 aliphatic carbocycles. The Morgan fingerprint density at radius 2 is 0.938 bits per heavy atom. The molecule has 0 saturated carbocycles. The van der Waals surface area contributed by atoms with Gasteiger partial charge in [-0.1, -0.05) is 73.9 Å². The van der Waals surface area contributed by atoms with Gasteiger partial charge in [-0.25, -0.2) is 0 Å². The van der Waals surface area contributed by atoms with Crippen molar-refractivity contribution in [3.8, 4) is 0 Å². The van der Waals surface area contributed by atoms with Crippen LogP contribution in [-0.4, -0.2) is 16.1 Å². The number of rotatable bonds is 3. The van der Waals surface area contributed by atoms with Crippen LogP contribution in [0.4, 0.5) is 0 Å². The summed E-state index contributed by atoms with van der Waals surface area (Å²) in [4.78, 5) is 0. The fourth-order valence-corrected chi connectivity index (χ4v) is 22.9. The first-order chi connectivity index (χ1) is 6.69. The summed E-state index contributed by atoms with van der Waals surface area (Å²) in [6.45, 7) is 27.8. The second-order valence-corrected chi connectivity index (χ2v) is 19.8. The Kier molecular flexibility index (Phi) is 4.39. The minimum Gasteiger partial charge on any atom is -0.0693 e. The van der Waals surface area contributed by atoms with Crippen LogP contribution in [0.3, 0.4) is 0 Å². The molecule has 0 bridgehead atoms. The van der Waals surface area contributed by atoms with Gasteiger partial charge in [-0.3, -0.25) is 0 Å². The molecule has 0 aromatic heterocycles. The largest absolute Gasteiger partial charge is 0.0693 e. The van der Waals surface area contributed by atoms with Gasteiger partial charge < -0.3 is 0 Å². The maximum absolute atomic E-state index is 2.58. The predicted molar refractivity (Wildman–Crippen MR) is 83.7 cm³/mol. The van der Waals surface area contributed by atoms with E-state index >= 15 is 0 Å². The Morgan fingerprint density at radius 3 is 0.938 bits per heavy atom. The van der Waals surface area contributed by atoms with Crippen molar-refractivity contribution in [2.45, 2.75) is 78.6 Å². The first-order valence-electron chi connectivity index (χ1n) is 6.69. The second kappa shape index (κ2) is 4.27. The van der Waals surface area contributed by atoms with Gasteiger partial charge in [-0.15, -0.1) is 0 Å². The third-order valence-corrected chi connectivity index (χ3v) is 16.3. The highest BCUT2D eigenvalue weighted by atomic mass is 28.4. The van der Waals surface area contributed by atoms with Crippen molar-refractivity contribution < 1.29 is 0 Å². The SMILES string of the molecule is CC(C)C(C(C)(C)C)([Si](C)(C)C)[Si](C)(C)C. The standard InChI is InChI=1S/C14H34Si2/c1-12(2)14(13(3,4)5,15(6,7)8)16(9,10)11/h12H,1-11H3. The summed E-state index contributed by atoms with van der Waals surface area (Å²) in [5, 5.41) is 0. The van der Waals surface area contributed by atoms with Gasteiger partial charge >= 0.3 is 0 Å². The molecule has 0 aromatic rings. The maximum Gasteiger partial charge on any atom is 0.0487 e. The zero-order valence-corrected chi connectivity index (χ0v) is 15.6. The van der Waals surface area contributed by atoms with Crippen LogP contribution in [0.5, 0.6) is 0 Å². The third-order valence-electron chi connectivity index (χ3n) is 4.42. The van der Waals surface area contributed by atoms with E-state index in [4.69, 9.17) is 0 Å². The quantitative estimate of drug-likeness (QED) is 0.574. The van der Waals surface area contributed by atoms with Crippen LogP contribution in [0.1, 0.15) is 34.6 Å². The molecule has 0 nitrogen and oxygen atoms in total. The van der Waals surface area contributed by atoms with Gasteiger partial charge in [0.2, 0.25) is 0 Å². The van der Waals surface area contributed by atoms with Gasteiger partial charge in [-0.2, -0.15) is 0 Å². The molecule has 0 unspecified atom stereocenters. The van der Waals surface area contributed by atoms with Crippen molar-refractivity contribution in [3.05, 3.63) is 0 Å². The van der Waals surface area contributed by atoms with Crippen molar-refractivity contribution in [3.63, 3.8) is 0 Å². The minimum atomic E-state index is -1.21. The van der Waals surface area contributed by atoms with Crippen molar-refractivity contribution in [1.82, 2.24) is 0 Å². The van der Waals surface area contributed by atoms with E-state index in [1.165, 1.54) is 0 Å². The molecule has 0 spiro atoms. The van der Waals surface area contributed by atoms with E-state index in [-0.39, 0.29) is 0 Å². The Hall–Kier alpha value is 0.434. The maximum atomic E-state index is 2.58. The van der Waals surface area contributed by atoms with Crippen LogP contribution in [0.2, 0.25) is 43.9 Å². The summed E-state index contributed by atoms with van der Waals surface area (Å²) in [5.74, 6) is 0.797. The van der Waals surface area contributed by atoms with Crippen LogP contribution in [0.25, 0.3) is 0 Å². The average Bonchev–Trinajstić information content (AvgIpc) is 1.71. The van der Waals surface area contributed by atoms with Crippen LogP contribution in [0, 0.1) is 11.3 Å². The molecule has 0 rings (SSSR count). The van der Waals surface area contributed by atoms with E-state index in [1.807, 2.05) is 0 Å². The van der Waals surface area contributed by atoms with Crippen LogP contribution >= 0.6 is 0 Å². The van der Waals surface area contributed by atoms with Gasteiger partial charge in [0, 0.05) is 16.1 Å². The first-order valence-corrected chi connectivity index (χ1v) is 13.7. The van der Waals surface area contributed by atoms with Crippen molar-refractivity contribution in [2.24, 2.45) is 11.3 Å². The Labute approximate surface area is 106 Å². The van der Waals surface area contributed by atoms with E-state index in [0.717, 1.165) is 5.92 Å². The van der Waals surface area contributed by atoms with Crippen molar-refractivity contribution in [1.29, 1.82) is 0 Å². The Bertz CT molecular complexity index is 197. The molecule has 98 valence electrons. The molecule has 16 heavy (non-hydrogen) atoms. The number of hydrogen-bond acceptors (Lipinski definition) is 0. The highest BCUT2D eigenvalue weighted by Gasteiger charge is 2.60. The minimum absolute atomic E-state index is 0.427. The van der Waals surface area contributed by atoms with Gasteiger partial charge in [0.25, 0.3) is 0 Å². The van der Waals surface area contributed by atoms with Crippen LogP contribution in [-0.2, 0) is 0 Å². The average molecular weight is 259 g/mol. The summed E-state index contributed by atoms with van der Waals surface area (Å²) in [6, 6.07) is 0. The molecule has 0 amide bonds. The summed E-state index contributed by atoms with van der Waals surface area (Å²) >= 11 is 0. The second-order valence-electron chi connectivity index (χ2n) is 8.71. The molecule has 0 atom stereocenters. The number of hydrogen-bond donors (Lipinski definition) is 0. The lowest BCUT2D eigenvalue weighted by Gasteiger charge is -2.62. The van der Waals surface area contributed by atoms with Crippen LogP contribution in [0.15, 0.2) is 0 Å². The monoisotopic (exact) mass is 258 g/mol. The fourth-order valence-electron chi connectivity index (χ4n) is 5.97. The molecule has 0 fully saturated rings. The van der Waals surface area contributed by atoms with Gasteiger partial charge in [-0.05, 0) is 16.0 Å². The molecule has 2 heteroatoms. The van der Waals surface area contributed by atoms with E-state index < -0.39 is 16.1 Å². The molecule has 0 heterocycles. The smallest absolute Gasteiger partial charge is 0.0487 e. The van der Waals surface area contributed by atoms with Crippen molar-refractivity contribution >= 4 is 16.1 Å². The topological polar surface area (TPSA) is 0 Å². The van der Waals surface area contributed by atoms with E-state index in [2.05, 4.69) is 73.9 Å². The molecule has 0 aromatic carbocycles. The van der Waals surface area contributed by atoms with Crippen molar-refractivity contribution in [2.75, 3.05) is 0 Å². The molecular formula is C14H34Si2. The van der Waals surface area contributed by atoms with Gasteiger partial charge in [0.05, 0.1) is 0 Å². The fraction of sp³-hybridized carbons (Fsp3) is 1.00. The Balaban J connectivity index is 6.05. The summed E-state index contributed by atoms with van der Waals surface area (Å²) in [5.41, 5.74) is 0.427. The third kappa shape index (κ3) is 2.33. The molecular weight excluding hydrogens is 224 g/mol. The lowest BCUT2D eigenvalue weighted by molar-refractivity contribution is 0.259. The van der Waals surface area contributed by atoms with E-state index in [1.54, 1.807) is 0 Å². The Morgan fingerprint density at radius 1 is 0.688 bits per heavy atom. The highest BCUT2D eigenvalue weighted by Crippen LogP contribution is 2.63. The van der Waals surface area contributed by atoms with Gasteiger partial charge in [0.1, 0.15) is 0 Å². The zero-order valence-electron chi connectivity index (χ0n) is 13.6. The normalized spacial score (nSPS) is 15.8. The van der Waals surface area contributed by atoms with E-state index in [9.17, 15) is 0 Å². The molecule has 0 radical (unpaired) electrons. The van der Waals surface area contributed by atoms with E-state index in [0.29, 0.717) is 10.1 Å². The molecule has 0 N–H and O–H groups in total.